The minimum absolute atomic E-state index is 0.306. The summed E-state index contributed by atoms with van der Waals surface area (Å²) >= 11 is 0. The van der Waals surface area contributed by atoms with Crippen molar-refractivity contribution in [2.75, 3.05) is 11.1 Å². The third-order valence-corrected chi connectivity index (χ3v) is 2.62. The van der Waals surface area contributed by atoms with E-state index in [0.29, 0.717) is 11.6 Å². The molecule has 3 N–H and O–H groups in total. The highest BCUT2D eigenvalue weighted by Crippen LogP contribution is 2.29. The average Bonchev–Trinajstić information content (AvgIpc) is 2.77. The molecule has 2 aromatic heterocycles. The largest absolute Gasteiger partial charge is 0.394 e. The predicted octanol–water partition coefficient (Wildman–Crippen LogP) is 1.60. The van der Waals surface area contributed by atoms with Crippen molar-refractivity contribution in [3.8, 4) is 0 Å². The lowest BCUT2D eigenvalue weighted by Gasteiger charge is -2.04. The van der Waals surface area contributed by atoms with Gasteiger partial charge in [0.1, 0.15) is 0 Å². The molecule has 0 aliphatic rings. The van der Waals surface area contributed by atoms with Crippen LogP contribution in [0.15, 0.2) is 12.3 Å². The number of hydrogen-bond donors (Lipinski definition) is 2. The first-order valence-electron chi connectivity index (χ1n) is 5.58. The van der Waals surface area contributed by atoms with Gasteiger partial charge in [-0.2, -0.15) is 10.2 Å². The molecule has 0 bridgehead atoms. The first kappa shape index (κ1) is 11.5. The third-order valence-electron chi connectivity index (χ3n) is 2.62. The fourth-order valence-corrected chi connectivity index (χ4v) is 1.74. The lowest BCUT2D eigenvalue weighted by molar-refractivity contribution is 0.717. The highest BCUT2D eigenvalue weighted by molar-refractivity contribution is 5.70. The molecule has 2 heterocycles. The van der Waals surface area contributed by atoms with Crippen LogP contribution >= 0.6 is 0 Å². The number of rotatable bonds is 3. The fraction of sp³-hybridized carbons (Fsp3) is 0.455. The van der Waals surface area contributed by atoms with Crippen molar-refractivity contribution in [1.29, 1.82) is 0 Å². The van der Waals surface area contributed by atoms with Crippen LogP contribution in [-0.4, -0.2) is 19.6 Å². The van der Waals surface area contributed by atoms with Gasteiger partial charge < -0.3 is 11.1 Å². The summed E-state index contributed by atoms with van der Waals surface area (Å²) in [4.78, 5) is 0. The Balaban J connectivity index is 2.33. The predicted molar refractivity (Wildman–Crippen MR) is 68.2 cm³/mol. The molecule has 2 rings (SSSR count). The van der Waals surface area contributed by atoms with Crippen LogP contribution in [0.1, 0.15) is 25.5 Å². The molecule has 0 aliphatic carbocycles. The monoisotopic (exact) mass is 234 g/mol. The summed E-state index contributed by atoms with van der Waals surface area (Å²) < 4.78 is 3.48. The van der Waals surface area contributed by atoms with Gasteiger partial charge in [-0.25, -0.2) is 0 Å². The van der Waals surface area contributed by atoms with E-state index in [0.717, 1.165) is 17.3 Å². The number of nitrogens with two attached hydrogens (primary N) is 1. The molecule has 6 heteroatoms. The molecule has 0 radical (unpaired) electrons. The number of aryl methyl sites for hydroxylation is 2. The molecule has 0 saturated heterocycles. The number of nitrogens with zero attached hydrogens (tertiary/aromatic N) is 4. The van der Waals surface area contributed by atoms with E-state index in [2.05, 4.69) is 29.4 Å². The lowest BCUT2D eigenvalue weighted by Crippen LogP contribution is -2.02. The van der Waals surface area contributed by atoms with Crippen LogP contribution in [0.25, 0.3) is 0 Å². The molecule has 0 fully saturated rings. The van der Waals surface area contributed by atoms with E-state index in [9.17, 15) is 0 Å². The molecule has 92 valence electrons. The van der Waals surface area contributed by atoms with E-state index < -0.39 is 0 Å². The van der Waals surface area contributed by atoms with Crippen molar-refractivity contribution in [2.45, 2.75) is 19.8 Å². The van der Waals surface area contributed by atoms with Crippen LogP contribution < -0.4 is 11.1 Å². The van der Waals surface area contributed by atoms with Crippen molar-refractivity contribution in [1.82, 2.24) is 19.6 Å². The highest BCUT2D eigenvalue weighted by Gasteiger charge is 2.16. The molecule has 6 nitrogen and oxygen atoms in total. The Morgan fingerprint density at radius 2 is 2.00 bits per heavy atom. The smallest absolute Gasteiger partial charge is 0.153 e. The van der Waals surface area contributed by atoms with Crippen molar-refractivity contribution >= 4 is 17.3 Å². The molecule has 0 unspecified atom stereocenters. The second kappa shape index (κ2) is 4.12. The van der Waals surface area contributed by atoms with Crippen molar-refractivity contribution in [3.63, 3.8) is 0 Å². The van der Waals surface area contributed by atoms with Crippen LogP contribution in [-0.2, 0) is 14.1 Å². The van der Waals surface area contributed by atoms with Gasteiger partial charge in [0.2, 0.25) is 0 Å². The van der Waals surface area contributed by atoms with Crippen LogP contribution in [0.5, 0.6) is 0 Å². The second-order valence-corrected chi connectivity index (χ2v) is 4.43. The number of aromatic nitrogens is 4. The zero-order chi connectivity index (χ0) is 12.6. The Morgan fingerprint density at radius 1 is 1.29 bits per heavy atom. The van der Waals surface area contributed by atoms with E-state index >= 15 is 0 Å². The second-order valence-electron chi connectivity index (χ2n) is 4.43. The molecule has 0 amide bonds. The Hall–Kier alpha value is -1.98. The van der Waals surface area contributed by atoms with Crippen molar-refractivity contribution in [2.24, 2.45) is 14.1 Å². The van der Waals surface area contributed by atoms with Crippen LogP contribution in [0.3, 0.4) is 0 Å². The molecule has 0 saturated carbocycles. The SMILES string of the molecule is CC(C)c1nn(C)c(Nc2ccn(C)n2)c1N. The van der Waals surface area contributed by atoms with Gasteiger partial charge in [0.25, 0.3) is 0 Å². The maximum absolute atomic E-state index is 6.08. The number of anilines is 3. The van der Waals surface area contributed by atoms with E-state index in [1.165, 1.54) is 0 Å². The summed E-state index contributed by atoms with van der Waals surface area (Å²) in [5.74, 6) is 1.85. The van der Waals surface area contributed by atoms with Crippen molar-refractivity contribution < 1.29 is 0 Å². The van der Waals surface area contributed by atoms with Gasteiger partial charge in [-0.05, 0) is 5.92 Å². The molecular weight excluding hydrogens is 216 g/mol. The Labute approximate surface area is 100 Å². The first-order valence-corrected chi connectivity index (χ1v) is 5.58. The van der Waals surface area contributed by atoms with Crippen LogP contribution in [0.4, 0.5) is 17.3 Å². The molecule has 17 heavy (non-hydrogen) atoms. The summed E-state index contributed by atoms with van der Waals surface area (Å²) in [6.07, 6.45) is 1.87. The quantitative estimate of drug-likeness (QED) is 0.846. The van der Waals surface area contributed by atoms with Gasteiger partial charge in [0.15, 0.2) is 11.6 Å². The molecule has 0 aliphatic heterocycles. The van der Waals surface area contributed by atoms with Gasteiger partial charge in [0, 0.05) is 26.4 Å². The lowest BCUT2D eigenvalue weighted by atomic mass is 10.1. The number of hydrogen-bond acceptors (Lipinski definition) is 4. The van der Waals surface area contributed by atoms with E-state index in [4.69, 9.17) is 5.73 Å². The Kier molecular flexibility index (Phi) is 2.79. The molecule has 0 atom stereocenters. The average molecular weight is 234 g/mol. The number of nitrogens with one attached hydrogen (secondary N) is 1. The summed E-state index contributed by atoms with van der Waals surface area (Å²) in [7, 11) is 3.74. The van der Waals surface area contributed by atoms with Crippen LogP contribution in [0.2, 0.25) is 0 Å². The summed E-state index contributed by atoms with van der Waals surface area (Å²) in [6.45, 7) is 4.15. The van der Waals surface area contributed by atoms with Gasteiger partial charge >= 0.3 is 0 Å². The van der Waals surface area contributed by atoms with Gasteiger partial charge in [-0.1, -0.05) is 13.8 Å². The minimum atomic E-state index is 0.306. The summed E-state index contributed by atoms with van der Waals surface area (Å²) in [5.41, 5.74) is 7.68. The van der Waals surface area contributed by atoms with Crippen LogP contribution in [0, 0.1) is 0 Å². The fourth-order valence-electron chi connectivity index (χ4n) is 1.74. The maximum Gasteiger partial charge on any atom is 0.153 e. The van der Waals surface area contributed by atoms with Gasteiger partial charge in [0.05, 0.1) is 11.4 Å². The standard InChI is InChI=1S/C11H18N6/c1-7(2)10-9(12)11(17(4)15-10)13-8-5-6-16(3)14-8/h5-7H,12H2,1-4H3,(H,13,14). The van der Waals surface area contributed by atoms with Gasteiger partial charge in [-0.3, -0.25) is 9.36 Å². The number of nitrogen functional groups attached to an aromatic ring is 1. The van der Waals surface area contributed by atoms with E-state index in [-0.39, 0.29) is 0 Å². The first-order chi connectivity index (χ1) is 7.99. The van der Waals surface area contributed by atoms with E-state index in [1.807, 2.05) is 26.4 Å². The topological polar surface area (TPSA) is 73.7 Å². The maximum atomic E-state index is 6.08. The molecular formula is C11H18N6. The Bertz CT molecular complexity index is 522. The Morgan fingerprint density at radius 3 is 2.47 bits per heavy atom. The van der Waals surface area contributed by atoms with E-state index in [1.54, 1.807) is 9.36 Å². The minimum Gasteiger partial charge on any atom is -0.394 e. The molecule has 2 aromatic rings. The summed E-state index contributed by atoms with van der Waals surface area (Å²) in [6, 6.07) is 1.89. The van der Waals surface area contributed by atoms with Crippen molar-refractivity contribution in [3.05, 3.63) is 18.0 Å². The van der Waals surface area contributed by atoms with Gasteiger partial charge in [-0.15, -0.1) is 0 Å². The molecule has 0 spiro atoms. The zero-order valence-electron chi connectivity index (χ0n) is 10.6. The highest BCUT2D eigenvalue weighted by atomic mass is 15.4. The normalized spacial score (nSPS) is 11.1. The zero-order valence-corrected chi connectivity index (χ0v) is 10.6. The molecule has 0 aromatic carbocycles. The summed E-state index contributed by atoms with van der Waals surface area (Å²) in [5, 5.41) is 11.8. The third kappa shape index (κ3) is 2.11.